The smallest absolute Gasteiger partial charge is 0.407 e. The number of ether oxygens (including phenoxy) is 4. The van der Waals surface area contributed by atoms with E-state index in [1.807, 2.05) is 0 Å². The highest BCUT2D eigenvalue weighted by Crippen LogP contribution is 2.69. The summed E-state index contributed by atoms with van der Waals surface area (Å²) in [5.41, 5.74) is 1.34. The Morgan fingerprint density at radius 2 is 1.86 bits per heavy atom. The zero-order valence-corrected chi connectivity index (χ0v) is 22.8. The maximum Gasteiger partial charge on any atom is 0.407 e. The Kier molecular flexibility index (Phi) is 5.88. The van der Waals surface area contributed by atoms with Gasteiger partial charge in [0, 0.05) is 29.7 Å². The molecule has 1 amide bonds. The number of aliphatic hydroxyl groups excluding tert-OH is 1. The van der Waals surface area contributed by atoms with Gasteiger partial charge in [-0.05, 0) is 61.3 Å². The monoisotopic (exact) mass is 503 g/mol. The molecule has 6 aliphatic rings. The number of hydrogen-bond acceptors (Lipinski definition) is 6. The number of amides is 1. The SMILES string of the molecule is CNC(=O)O[C@@H]1C=C2C[C@@H](O)[C@@H]3O[C@@H]3[C@]2(C)[C@H]2CC[C@]3(C)[C@@H](C(C)C4OCC(C)(C)CO4)CC[C@H]3[C@H]12. The molecule has 3 saturated carbocycles. The molecule has 0 aromatic rings. The highest BCUT2D eigenvalue weighted by atomic mass is 16.7. The molecule has 0 bridgehead atoms. The lowest BCUT2D eigenvalue weighted by Crippen LogP contribution is -2.58. The average Bonchev–Trinajstić information content (AvgIpc) is 3.58. The van der Waals surface area contributed by atoms with Crippen molar-refractivity contribution in [2.24, 2.45) is 45.8 Å². The molecule has 0 aromatic heterocycles. The van der Waals surface area contributed by atoms with E-state index in [0.29, 0.717) is 30.1 Å². The highest BCUT2D eigenvalue weighted by molar-refractivity contribution is 5.67. The minimum Gasteiger partial charge on any atom is -0.442 e. The van der Waals surface area contributed by atoms with Gasteiger partial charge < -0.3 is 29.4 Å². The number of epoxide rings is 1. The number of carbonyl (C=O) groups excluding carboxylic acids is 1. The molecule has 2 aliphatic heterocycles. The van der Waals surface area contributed by atoms with Gasteiger partial charge in [-0.2, -0.15) is 0 Å². The Balaban J connectivity index is 1.30. The van der Waals surface area contributed by atoms with E-state index in [9.17, 15) is 9.90 Å². The second-order valence-electron chi connectivity index (χ2n) is 13.9. The van der Waals surface area contributed by atoms with Crippen LogP contribution in [0.25, 0.3) is 0 Å². The number of rotatable bonds is 3. The third-order valence-electron chi connectivity index (χ3n) is 11.3. The molecule has 6 rings (SSSR count). The summed E-state index contributed by atoms with van der Waals surface area (Å²) in [6.07, 6.45) is 6.11. The lowest BCUT2D eigenvalue weighted by Gasteiger charge is -2.59. The quantitative estimate of drug-likeness (QED) is 0.441. The summed E-state index contributed by atoms with van der Waals surface area (Å²) >= 11 is 0. The van der Waals surface area contributed by atoms with Crippen LogP contribution in [0.1, 0.15) is 66.7 Å². The van der Waals surface area contributed by atoms with Crippen LogP contribution < -0.4 is 5.32 Å². The summed E-state index contributed by atoms with van der Waals surface area (Å²) in [5.74, 6) is 1.91. The van der Waals surface area contributed by atoms with Crippen LogP contribution in [0.5, 0.6) is 0 Å². The van der Waals surface area contributed by atoms with Crippen LogP contribution in [0, 0.1) is 45.8 Å². The fourth-order valence-electron chi connectivity index (χ4n) is 9.40. The summed E-state index contributed by atoms with van der Waals surface area (Å²) in [6.45, 7) is 13.0. The molecule has 11 atom stereocenters. The molecule has 0 spiro atoms. The summed E-state index contributed by atoms with van der Waals surface area (Å²) in [7, 11) is 1.62. The lowest BCUT2D eigenvalue weighted by molar-refractivity contribution is -0.253. The largest absolute Gasteiger partial charge is 0.442 e. The minimum absolute atomic E-state index is 0.0429. The van der Waals surface area contributed by atoms with E-state index in [1.54, 1.807) is 7.05 Å². The predicted octanol–water partition coefficient (Wildman–Crippen LogP) is 4.28. The summed E-state index contributed by atoms with van der Waals surface area (Å²) in [4.78, 5) is 12.5. The molecule has 202 valence electrons. The van der Waals surface area contributed by atoms with Gasteiger partial charge in [0.25, 0.3) is 0 Å². The van der Waals surface area contributed by atoms with E-state index >= 15 is 0 Å². The zero-order valence-electron chi connectivity index (χ0n) is 22.8. The topological polar surface area (TPSA) is 89.6 Å². The average molecular weight is 504 g/mol. The lowest BCUT2D eigenvalue weighted by atomic mass is 9.46. The maximum absolute atomic E-state index is 12.5. The molecular weight excluding hydrogens is 458 g/mol. The number of aliphatic hydroxyl groups is 1. The Bertz CT molecular complexity index is 925. The second-order valence-corrected chi connectivity index (χ2v) is 13.9. The maximum atomic E-state index is 12.5. The van der Waals surface area contributed by atoms with Crippen LogP contribution in [-0.2, 0) is 18.9 Å². The molecule has 4 aliphatic carbocycles. The number of hydrogen-bond donors (Lipinski definition) is 2. The molecule has 5 fully saturated rings. The fraction of sp³-hybridized carbons (Fsp3) is 0.897. The van der Waals surface area contributed by atoms with Gasteiger partial charge in [-0.25, -0.2) is 4.79 Å². The van der Waals surface area contributed by atoms with Gasteiger partial charge in [0.15, 0.2) is 6.29 Å². The van der Waals surface area contributed by atoms with Crippen molar-refractivity contribution >= 4 is 6.09 Å². The van der Waals surface area contributed by atoms with E-state index in [0.717, 1.165) is 38.9 Å². The molecular formula is C29H45NO6. The van der Waals surface area contributed by atoms with Gasteiger partial charge >= 0.3 is 6.09 Å². The molecule has 7 heteroatoms. The van der Waals surface area contributed by atoms with Crippen LogP contribution in [0.4, 0.5) is 4.79 Å². The van der Waals surface area contributed by atoms with E-state index in [-0.39, 0.29) is 52.9 Å². The first-order chi connectivity index (χ1) is 17.0. The van der Waals surface area contributed by atoms with Crippen molar-refractivity contribution in [1.29, 1.82) is 0 Å². The summed E-state index contributed by atoms with van der Waals surface area (Å²) < 4.78 is 24.7. The molecule has 7 nitrogen and oxygen atoms in total. The van der Waals surface area contributed by atoms with E-state index < -0.39 is 6.10 Å². The van der Waals surface area contributed by atoms with Gasteiger partial charge in [0.05, 0.1) is 25.4 Å². The van der Waals surface area contributed by atoms with Crippen molar-refractivity contribution in [3.63, 3.8) is 0 Å². The molecule has 0 aromatic carbocycles. The first-order valence-corrected chi connectivity index (χ1v) is 14.2. The van der Waals surface area contributed by atoms with Crippen molar-refractivity contribution in [2.75, 3.05) is 20.3 Å². The Labute approximate surface area is 215 Å². The summed E-state index contributed by atoms with van der Waals surface area (Å²) in [5, 5.41) is 13.3. The van der Waals surface area contributed by atoms with Crippen LogP contribution in [0.3, 0.4) is 0 Å². The van der Waals surface area contributed by atoms with Crippen molar-refractivity contribution in [2.45, 2.75) is 97.4 Å². The molecule has 2 heterocycles. The van der Waals surface area contributed by atoms with Gasteiger partial charge in [0.1, 0.15) is 12.2 Å². The highest BCUT2D eigenvalue weighted by Gasteiger charge is 2.69. The van der Waals surface area contributed by atoms with E-state index in [2.05, 4.69) is 46.0 Å². The van der Waals surface area contributed by atoms with Gasteiger partial charge in [-0.1, -0.05) is 40.2 Å². The van der Waals surface area contributed by atoms with E-state index in [4.69, 9.17) is 18.9 Å². The molecule has 1 unspecified atom stereocenters. The fourth-order valence-corrected chi connectivity index (χ4v) is 9.40. The third kappa shape index (κ3) is 3.63. The first-order valence-electron chi connectivity index (χ1n) is 14.2. The number of alkyl carbamates (subject to hydrolysis) is 1. The zero-order chi connectivity index (χ0) is 25.6. The van der Waals surface area contributed by atoms with Crippen LogP contribution >= 0.6 is 0 Å². The minimum atomic E-state index is -0.461. The normalized spacial score (nSPS) is 50.0. The molecule has 0 radical (unpaired) electrons. The van der Waals surface area contributed by atoms with Crippen molar-refractivity contribution in [1.82, 2.24) is 5.32 Å². The predicted molar refractivity (Wildman–Crippen MR) is 134 cm³/mol. The molecule has 2 saturated heterocycles. The van der Waals surface area contributed by atoms with Crippen LogP contribution in [0.2, 0.25) is 0 Å². The van der Waals surface area contributed by atoms with Crippen LogP contribution in [-0.4, -0.2) is 62.2 Å². The number of fused-ring (bicyclic) bond motifs is 7. The van der Waals surface area contributed by atoms with Gasteiger partial charge in [0.2, 0.25) is 0 Å². The van der Waals surface area contributed by atoms with Crippen molar-refractivity contribution in [3.05, 3.63) is 11.6 Å². The van der Waals surface area contributed by atoms with Crippen molar-refractivity contribution in [3.8, 4) is 0 Å². The summed E-state index contributed by atoms with van der Waals surface area (Å²) in [6, 6.07) is 0. The Hall–Kier alpha value is -1.15. The number of nitrogens with one attached hydrogen (secondary N) is 1. The van der Waals surface area contributed by atoms with Crippen molar-refractivity contribution < 1.29 is 28.8 Å². The molecule has 2 N–H and O–H groups in total. The van der Waals surface area contributed by atoms with Gasteiger partial charge in [-0.3, -0.25) is 0 Å². The first kappa shape index (κ1) is 25.1. The van der Waals surface area contributed by atoms with Gasteiger partial charge in [-0.15, -0.1) is 0 Å². The van der Waals surface area contributed by atoms with Crippen LogP contribution in [0.15, 0.2) is 11.6 Å². The van der Waals surface area contributed by atoms with E-state index in [1.165, 1.54) is 5.57 Å². The Morgan fingerprint density at radius 1 is 1.14 bits per heavy atom. The standard InChI is InChI=1S/C29H45NO6/c1-15(25-33-13-27(2,3)14-34-25)17-7-8-18-22-19(9-10-28(17,18)4)29(5)16(11-20(31)23-24(29)36-23)12-21(22)35-26(32)30-6/h12,15,17-25,31H,7-11,13-14H2,1-6H3,(H,30,32)/t15?,17-,18+,19+,20-,21-,22+,23+,24+,28-,29+/m1/s1. The number of carbonyl (C=O) groups is 1. The third-order valence-corrected chi connectivity index (χ3v) is 11.3. The molecule has 36 heavy (non-hydrogen) atoms. The Morgan fingerprint density at radius 3 is 2.56 bits per heavy atom. The second kappa shape index (κ2) is 8.42.